The first kappa shape index (κ1) is 17.8. The summed E-state index contributed by atoms with van der Waals surface area (Å²) in [6.45, 7) is 2.19. The van der Waals surface area contributed by atoms with E-state index in [0.29, 0.717) is 31.9 Å². The molecule has 1 aliphatic heterocycles. The van der Waals surface area contributed by atoms with E-state index in [9.17, 15) is 9.59 Å². The minimum absolute atomic E-state index is 0.0599. The molecule has 130 valence electrons. The molecule has 1 heterocycles. The molecule has 4 nitrogen and oxygen atoms in total. The molecular weight excluding hydrogens is 382 g/mol. The van der Waals surface area contributed by atoms with E-state index in [1.807, 2.05) is 48.5 Å². The average molecular weight is 402 g/mol. The molecular formula is C20H20BrNO3. The summed E-state index contributed by atoms with van der Waals surface area (Å²) in [5.74, 6) is -0.698. The number of hydrogen-bond donors (Lipinski definition) is 0. The van der Waals surface area contributed by atoms with E-state index in [1.54, 1.807) is 17.0 Å². The molecule has 0 N–H and O–H groups in total. The van der Waals surface area contributed by atoms with Crippen LogP contribution in [-0.2, 0) is 9.53 Å². The average Bonchev–Trinajstić information content (AvgIpc) is 2.69. The maximum absolute atomic E-state index is 13.1. The highest BCUT2D eigenvalue weighted by atomic mass is 79.9. The van der Waals surface area contributed by atoms with Crippen molar-refractivity contribution in [2.24, 2.45) is 0 Å². The fourth-order valence-corrected chi connectivity index (χ4v) is 3.83. The second kappa shape index (κ2) is 8.41. The molecule has 0 spiro atoms. The van der Waals surface area contributed by atoms with Crippen LogP contribution in [0.2, 0.25) is 0 Å². The number of hydrogen-bond acceptors (Lipinski definition) is 3. The minimum Gasteiger partial charge on any atom is -0.378 e. The third kappa shape index (κ3) is 4.17. The van der Waals surface area contributed by atoms with Crippen molar-refractivity contribution in [3.05, 3.63) is 71.8 Å². The molecule has 0 aliphatic carbocycles. The molecule has 1 saturated heterocycles. The Morgan fingerprint density at radius 3 is 2.08 bits per heavy atom. The Balaban J connectivity index is 1.91. The summed E-state index contributed by atoms with van der Waals surface area (Å²) in [5.41, 5.74) is 1.44. The van der Waals surface area contributed by atoms with Gasteiger partial charge in [-0.05, 0) is 5.56 Å². The van der Waals surface area contributed by atoms with Gasteiger partial charge in [0.25, 0.3) is 0 Å². The van der Waals surface area contributed by atoms with Crippen LogP contribution in [0, 0.1) is 0 Å². The van der Waals surface area contributed by atoms with Crippen molar-refractivity contribution >= 4 is 27.6 Å². The lowest BCUT2D eigenvalue weighted by Gasteiger charge is -2.31. The summed E-state index contributed by atoms with van der Waals surface area (Å²) in [7, 11) is 0. The van der Waals surface area contributed by atoms with Crippen molar-refractivity contribution in [1.29, 1.82) is 0 Å². The SMILES string of the molecule is O=C(c1ccccc1)[C@@H](c1ccccc1)[C@H](Br)C(=O)N1CCOCC1. The van der Waals surface area contributed by atoms with Crippen LogP contribution in [0.15, 0.2) is 60.7 Å². The molecule has 1 amide bonds. The maximum Gasteiger partial charge on any atom is 0.237 e. The third-order valence-electron chi connectivity index (χ3n) is 4.35. The predicted molar refractivity (Wildman–Crippen MR) is 100 cm³/mol. The van der Waals surface area contributed by atoms with Gasteiger partial charge in [0.15, 0.2) is 5.78 Å². The summed E-state index contributed by atoms with van der Waals surface area (Å²) in [4.78, 5) is 27.2. The molecule has 5 heteroatoms. The highest BCUT2D eigenvalue weighted by Crippen LogP contribution is 2.30. The molecule has 0 saturated carbocycles. The second-order valence-corrected chi connectivity index (χ2v) is 6.94. The largest absolute Gasteiger partial charge is 0.378 e. The molecule has 2 aromatic rings. The first-order valence-electron chi connectivity index (χ1n) is 8.33. The number of ketones is 1. The number of carbonyl (C=O) groups excluding carboxylic acids is 2. The van der Waals surface area contributed by atoms with Crippen LogP contribution in [0.4, 0.5) is 0 Å². The van der Waals surface area contributed by atoms with Crippen LogP contribution >= 0.6 is 15.9 Å². The molecule has 25 heavy (non-hydrogen) atoms. The summed E-state index contributed by atoms with van der Waals surface area (Å²) >= 11 is 3.53. The Kier molecular flexibility index (Phi) is 6.00. The van der Waals surface area contributed by atoms with E-state index in [1.165, 1.54) is 0 Å². The number of morpholine rings is 1. The lowest BCUT2D eigenvalue weighted by atomic mass is 9.87. The monoisotopic (exact) mass is 401 g/mol. The maximum atomic E-state index is 13.1. The normalized spacial score (nSPS) is 16.9. The van der Waals surface area contributed by atoms with Gasteiger partial charge in [-0.2, -0.15) is 0 Å². The Morgan fingerprint density at radius 2 is 1.48 bits per heavy atom. The van der Waals surface area contributed by atoms with E-state index in [0.717, 1.165) is 5.56 Å². The van der Waals surface area contributed by atoms with Crippen LogP contribution in [-0.4, -0.2) is 47.7 Å². The van der Waals surface area contributed by atoms with Gasteiger partial charge in [-0.15, -0.1) is 0 Å². The van der Waals surface area contributed by atoms with Gasteiger partial charge in [0.2, 0.25) is 5.91 Å². The summed E-state index contributed by atoms with van der Waals surface area (Å²) in [5, 5.41) is 0. The highest BCUT2D eigenvalue weighted by molar-refractivity contribution is 9.10. The molecule has 0 unspecified atom stereocenters. The Morgan fingerprint density at radius 1 is 0.920 bits per heavy atom. The van der Waals surface area contributed by atoms with Crippen LogP contribution in [0.25, 0.3) is 0 Å². The first-order valence-corrected chi connectivity index (χ1v) is 9.25. The molecule has 0 radical (unpaired) electrons. The van der Waals surface area contributed by atoms with Crippen LogP contribution < -0.4 is 0 Å². The number of Topliss-reactive ketones (excluding diaryl/α,β-unsaturated/α-hetero) is 1. The molecule has 1 fully saturated rings. The van der Waals surface area contributed by atoms with Gasteiger partial charge in [-0.1, -0.05) is 76.6 Å². The van der Waals surface area contributed by atoms with Crippen molar-refractivity contribution in [1.82, 2.24) is 4.90 Å². The van der Waals surface area contributed by atoms with E-state index in [2.05, 4.69) is 15.9 Å². The molecule has 0 aromatic heterocycles. The molecule has 3 rings (SSSR count). The summed E-state index contributed by atoms with van der Waals surface area (Å²) in [6, 6.07) is 18.6. The van der Waals surface area contributed by atoms with Gasteiger partial charge >= 0.3 is 0 Å². The number of carbonyl (C=O) groups is 2. The predicted octanol–water partition coefficient (Wildman–Crippen LogP) is 3.28. The fraction of sp³-hybridized carbons (Fsp3) is 0.300. The third-order valence-corrected chi connectivity index (χ3v) is 5.27. The zero-order valence-electron chi connectivity index (χ0n) is 13.8. The molecule has 0 bridgehead atoms. The summed E-state index contributed by atoms with van der Waals surface area (Å²) < 4.78 is 5.32. The number of rotatable bonds is 5. The molecule has 2 atom stereocenters. The second-order valence-electron chi connectivity index (χ2n) is 5.96. The lowest BCUT2D eigenvalue weighted by Crippen LogP contribution is -2.46. The van der Waals surface area contributed by atoms with E-state index in [4.69, 9.17) is 4.74 Å². The number of benzene rings is 2. The van der Waals surface area contributed by atoms with Gasteiger partial charge < -0.3 is 9.64 Å². The van der Waals surface area contributed by atoms with Crippen molar-refractivity contribution in [3.63, 3.8) is 0 Å². The van der Waals surface area contributed by atoms with Crippen LogP contribution in [0.3, 0.4) is 0 Å². The van der Waals surface area contributed by atoms with Crippen molar-refractivity contribution in [2.75, 3.05) is 26.3 Å². The van der Waals surface area contributed by atoms with Gasteiger partial charge in [0.1, 0.15) is 4.83 Å². The van der Waals surface area contributed by atoms with Crippen LogP contribution in [0.5, 0.6) is 0 Å². The zero-order chi connectivity index (χ0) is 17.6. The quantitative estimate of drug-likeness (QED) is 0.570. The molecule has 2 aromatic carbocycles. The van der Waals surface area contributed by atoms with E-state index >= 15 is 0 Å². The van der Waals surface area contributed by atoms with E-state index in [-0.39, 0.29) is 11.7 Å². The first-order chi connectivity index (χ1) is 12.2. The van der Waals surface area contributed by atoms with Gasteiger partial charge in [-0.25, -0.2) is 0 Å². The van der Waals surface area contributed by atoms with Gasteiger partial charge in [-0.3, -0.25) is 9.59 Å². The Labute approximate surface area is 155 Å². The van der Waals surface area contributed by atoms with Gasteiger partial charge in [0.05, 0.1) is 19.1 Å². The van der Waals surface area contributed by atoms with Crippen molar-refractivity contribution in [2.45, 2.75) is 10.7 Å². The summed E-state index contributed by atoms with van der Waals surface area (Å²) in [6.07, 6.45) is 0. The minimum atomic E-state index is -0.610. The highest BCUT2D eigenvalue weighted by Gasteiger charge is 2.36. The number of ether oxygens (including phenoxy) is 1. The smallest absolute Gasteiger partial charge is 0.237 e. The standard InChI is InChI=1S/C20H20BrNO3/c21-18(20(24)22-11-13-25-14-12-22)17(15-7-3-1-4-8-15)19(23)16-9-5-2-6-10-16/h1-10,17-18H,11-14H2/t17-,18-/m0/s1. The van der Waals surface area contributed by atoms with Crippen molar-refractivity contribution in [3.8, 4) is 0 Å². The fourth-order valence-electron chi connectivity index (χ4n) is 3.00. The van der Waals surface area contributed by atoms with Gasteiger partial charge in [0, 0.05) is 18.7 Å². The number of amides is 1. The molecule has 1 aliphatic rings. The topological polar surface area (TPSA) is 46.6 Å². The zero-order valence-corrected chi connectivity index (χ0v) is 15.4. The number of nitrogens with zero attached hydrogens (tertiary/aromatic N) is 1. The van der Waals surface area contributed by atoms with Crippen molar-refractivity contribution < 1.29 is 14.3 Å². The lowest BCUT2D eigenvalue weighted by molar-refractivity contribution is -0.134. The Bertz CT molecular complexity index is 714. The van der Waals surface area contributed by atoms with E-state index < -0.39 is 10.7 Å². The van der Waals surface area contributed by atoms with Crippen LogP contribution in [0.1, 0.15) is 21.8 Å². The number of alkyl halides is 1. The number of halogens is 1. The Hall–Kier alpha value is -1.98.